The van der Waals surface area contributed by atoms with E-state index >= 15 is 0 Å². The first-order chi connectivity index (χ1) is 5.35. The lowest BCUT2D eigenvalue weighted by Gasteiger charge is -2.04. The van der Waals surface area contributed by atoms with Crippen LogP contribution in [0.25, 0.3) is 0 Å². The molecule has 0 atom stereocenters. The number of rotatable bonds is 0. The van der Waals surface area contributed by atoms with Crippen molar-refractivity contribution in [2.24, 2.45) is 10.7 Å². The highest BCUT2D eigenvalue weighted by Gasteiger charge is 2.29. The first-order valence-corrected chi connectivity index (χ1v) is 2.62. The number of nitrogens with two attached hydrogens (primary N) is 1. The number of nitrogens with zero attached hydrogens (tertiary/aromatic N) is 1. The molecule has 70 valence electrons. The number of halogens is 3. The van der Waals surface area contributed by atoms with Crippen LogP contribution in [-0.2, 0) is 4.74 Å². The summed E-state index contributed by atoms with van der Waals surface area (Å²) in [4.78, 5) is 12.9. The van der Waals surface area contributed by atoms with Crippen LogP contribution in [0.1, 0.15) is 0 Å². The number of urea groups is 1. The summed E-state index contributed by atoms with van der Waals surface area (Å²) in [6.45, 7) is 0. The van der Waals surface area contributed by atoms with Gasteiger partial charge in [-0.05, 0) is 0 Å². The Labute approximate surface area is 65.4 Å². The zero-order chi connectivity index (χ0) is 9.78. The summed E-state index contributed by atoms with van der Waals surface area (Å²) in [5, 5.41) is 0.598. The van der Waals surface area contributed by atoms with Gasteiger partial charge in [0.15, 0.2) is 0 Å². The van der Waals surface area contributed by atoms with Crippen LogP contribution in [0.15, 0.2) is 4.99 Å². The Bertz CT molecular complexity index is 200. The average molecular weight is 185 g/mol. The first kappa shape index (κ1) is 10.5. The highest BCUT2D eigenvalue weighted by molar-refractivity contribution is 5.88. The molecule has 0 fully saturated rings. The van der Waals surface area contributed by atoms with Crippen LogP contribution in [0.4, 0.5) is 18.0 Å². The zero-order valence-electron chi connectivity index (χ0n) is 5.97. The van der Waals surface area contributed by atoms with Crippen molar-refractivity contribution < 1.29 is 22.7 Å². The molecule has 0 bridgehead atoms. The molecule has 0 saturated heterocycles. The lowest BCUT2D eigenvalue weighted by atomic mass is 10.9. The molecule has 0 aliphatic heterocycles. The van der Waals surface area contributed by atoms with Crippen molar-refractivity contribution in [3.63, 3.8) is 0 Å². The predicted molar refractivity (Wildman–Crippen MR) is 33.2 cm³/mol. The Morgan fingerprint density at radius 1 is 1.58 bits per heavy atom. The molecule has 5 nitrogen and oxygen atoms in total. The van der Waals surface area contributed by atoms with E-state index in [1.54, 1.807) is 0 Å². The number of alkyl halides is 3. The lowest BCUT2D eigenvalue weighted by molar-refractivity contribution is -0.144. The van der Waals surface area contributed by atoms with Gasteiger partial charge in [-0.2, -0.15) is 13.2 Å². The number of amidine groups is 1. The molecule has 3 N–H and O–H groups in total. The fourth-order valence-corrected chi connectivity index (χ4v) is 0.295. The summed E-state index contributed by atoms with van der Waals surface area (Å²) in [7, 11) is 1.07. The van der Waals surface area contributed by atoms with E-state index in [1.807, 2.05) is 0 Å². The number of aliphatic imine (C=N–C) groups is 1. The van der Waals surface area contributed by atoms with Gasteiger partial charge in [-0.15, -0.1) is 4.99 Å². The predicted octanol–water partition coefficient (Wildman–Crippen LogP) is 0.177. The molecule has 8 heteroatoms. The van der Waals surface area contributed by atoms with E-state index in [9.17, 15) is 18.0 Å². The molecular formula is C4H6F3N3O2. The van der Waals surface area contributed by atoms with Crippen LogP contribution in [0.5, 0.6) is 0 Å². The highest BCUT2D eigenvalue weighted by Crippen LogP contribution is 2.09. The number of nitrogens with one attached hydrogen (secondary N) is 1. The van der Waals surface area contributed by atoms with Gasteiger partial charge in [0, 0.05) is 0 Å². The molecule has 0 heterocycles. The fraction of sp³-hybridized carbons (Fsp3) is 0.500. The van der Waals surface area contributed by atoms with Crippen molar-refractivity contribution in [1.82, 2.24) is 5.32 Å². The van der Waals surface area contributed by atoms with Crippen molar-refractivity contribution in [3.05, 3.63) is 0 Å². The molecule has 0 rings (SSSR count). The van der Waals surface area contributed by atoms with Gasteiger partial charge < -0.3 is 10.5 Å². The molecule has 12 heavy (non-hydrogen) atoms. The summed E-state index contributed by atoms with van der Waals surface area (Å²) in [5.41, 5.74) is 4.79. The van der Waals surface area contributed by atoms with Crippen LogP contribution in [0, 0.1) is 0 Å². The van der Waals surface area contributed by atoms with Gasteiger partial charge >= 0.3 is 12.3 Å². The van der Waals surface area contributed by atoms with Gasteiger partial charge in [0.05, 0.1) is 7.11 Å². The van der Waals surface area contributed by atoms with Crippen molar-refractivity contribution in [1.29, 1.82) is 0 Å². The summed E-state index contributed by atoms with van der Waals surface area (Å²) in [5.74, 6) is 0. The maximum absolute atomic E-state index is 11.4. The standard InChI is InChI=1S/C4H6F3N3O2/c1-12-2(8)9-3(11)10-4(5,6)7/h1H3,(H3,8,9,10,11). The average Bonchev–Trinajstić information content (AvgIpc) is 1.82. The minimum Gasteiger partial charge on any atom is -0.468 e. The normalized spacial score (nSPS) is 12.5. The second kappa shape index (κ2) is 3.79. The SMILES string of the molecule is CO/C(N)=N\C(=O)NC(F)(F)F. The number of carbonyl (C=O) groups is 1. The van der Waals surface area contributed by atoms with E-state index < -0.39 is 18.4 Å². The Morgan fingerprint density at radius 3 is 2.42 bits per heavy atom. The molecule has 0 aliphatic rings. The molecule has 0 aliphatic carbocycles. The number of carbonyl (C=O) groups excluding carboxylic acids is 1. The maximum Gasteiger partial charge on any atom is 0.486 e. The molecule has 0 spiro atoms. The third-order valence-electron chi connectivity index (χ3n) is 0.670. The monoisotopic (exact) mass is 185 g/mol. The number of amides is 2. The molecule has 0 unspecified atom stereocenters. The molecule has 2 amide bonds. The Kier molecular flexibility index (Phi) is 3.32. The minimum atomic E-state index is -4.81. The van der Waals surface area contributed by atoms with E-state index in [-0.39, 0.29) is 0 Å². The smallest absolute Gasteiger partial charge is 0.468 e. The summed E-state index contributed by atoms with van der Waals surface area (Å²) in [6.07, 6.45) is -4.81. The molecule has 0 aromatic carbocycles. The third-order valence-corrected chi connectivity index (χ3v) is 0.670. The van der Waals surface area contributed by atoms with E-state index in [0.29, 0.717) is 5.32 Å². The first-order valence-electron chi connectivity index (χ1n) is 2.62. The lowest BCUT2D eigenvalue weighted by Crippen LogP contribution is -2.36. The van der Waals surface area contributed by atoms with Crippen LogP contribution >= 0.6 is 0 Å². The van der Waals surface area contributed by atoms with Crippen LogP contribution in [-0.4, -0.2) is 25.5 Å². The van der Waals surface area contributed by atoms with E-state index in [4.69, 9.17) is 5.73 Å². The van der Waals surface area contributed by atoms with Crippen molar-refractivity contribution in [2.45, 2.75) is 6.30 Å². The van der Waals surface area contributed by atoms with Crippen molar-refractivity contribution in [2.75, 3.05) is 7.11 Å². The second-order valence-electron chi connectivity index (χ2n) is 1.58. The summed E-state index contributed by atoms with van der Waals surface area (Å²) < 4.78 is 38.3. The topological polar surface area (TPSA) is 76.7 Å². The highest BCUT2D eigenvalue weighted by atomic mass is 19.4. The van der Waals surface area contributed by atoms with Gasteiger partial charge in [0.25, 0.3) is 6.02 Å². The summed E-state index contributed by atoms with van der Waals surface area (Å²) >= 11 is 0. The van der Waals surface area contributed by atoms with Crippen LogP contribution in [0.3, 0.4) is 0 Å². The second-order valence-corrected chi connectivity index (χ2v) is 1.58. The molecule has 0 saturated carbocycles. The summed E-state index contributed by atoms with van der Waals surface area (Å²) in [6, 6.07) is -2.27. The number of hydrogen-bond donors (Lipinski definition) is 2. The fourth-order valence-electron chi connectivity index (χ4n) is 0.295. The van der Waals surface area contributed by atoms with E-state index in [2.05, 4.69) is 9.73 Å². The number of hydrogen-bond acceptors (Lipinski definition) is 2. The van der Waals surface area contributed by atoms with Gasteiger partial charge in [0.1, 0.15) is 0 Å². The largest absolute Gasteiger partial charge is 0.486 e. The van der Waals surface area contributed by atoms with E-state index in [1.165, 1.54) is 0 Å². The van der Waals surface area contributed by atoms with Gasteiger partial charge in [-0.25, -0.2) is 10.1 Å². The molecular weight excluding hydrogens is 179 g/mol. The van der Waals surface area contributed by atoms with E-state index in [0.717, 1.165) is 7.11 Å². The van der Waals surface area contributed by atoms with Gasteiger partial charge in [-0.3, -0.25) is 0 Å². The Balaban J connectivity index is 4.08. The number of methoxy groups -OCH3 is 1. The Hall–Kier alpha value is -1.47. The van der Waals surface area contributed by atoms with Crippen molar-refractivity contribution >= 4 is 12.1 Å². The van der Waals surface area contributed by atoms with Gasteiger partial charge in [-0.1, -0.05) is 0 Å². The maximum atomic E-state index is 11.4. The van der Waals surface area contributed by atoms with Crippen LogP contribution in [0.2, 0.25) is 0 Å². The molecule has 0 aromatic heterocycles. The van der Waals surface area contributed by atoms with Gasteiger partial charge in [0.2, 0.25) is 0 Å². The van der Waals surface area contributed by atoms with Crippen LogP contribution < -0.4 is 11.1 Å². The quantitative estimate of drug-likeness (QED) is 0.321. The van der Waals surface area contributed by atoms with Crippen molar-refractivity contribution in [3.8, 4) is 0 Å². The number of ether oxygens (including phenoxy) is 1. The zero-order valence-corrected chi connectivity index (χ0v) is 5.97. The minimum absolute atomic E-state index is 0.598. The Morgan fingerprint density at radius 2 is 2.08 bits per heavy atom. The molecule has 0 aromatic rings. The molecule has 0 radical (unpaired) electrons. The third kappa shape index (κ3) is 5.33.